The van der Waals surface area contributed by atoms with Crippen molar-refractivity contribution in [3.63, 3.8) is 0 Å². The molecule has 1 N–H and O–H groups in total. The number of amides is 1. The van der Waals surface area contributed by atoms with Crippen LogP contribution in [0.2, 0.25) is 0 Å². The highest BCUT2D eigenvalue weighted by Crippen LogP contribution is 2.35. The molecule has 0 aliphatic carbocycles. The van der Waals surface area contributed by atoms with E-state index >= 15 is 0 Å². The lowest BCUT2D eigenvalue weighted by atomic mass is 10.1. The van der Waals surface area contributed by atoms with E-state index in [1.807, 2.05) is 18.2 Å². The molecule has 2 aromatic heterocycles. The third-order valence-corrected chi connectivity index (χ3v) is 6.52. The minimum atomic E-state index is 0.0402. The van der Waals surface area contributed by atoms with Gasteiger partial charge in [0.2, 0.25) is 5.91 Å². The maximum atomic E-state index is 12.3. The van der Waals surface area contributed by atoms with Crippen LogP contribution < -0.4 is 5.32 Å². The zero-order valence-corrected chi connectivity index (χ0v) is 17.8. The lowest BCUT2D eigenvalue weighted by Crippen LogP contribution is -2.27. The second-order valence-electron chi connectivity index (χ2n) is 6.88. The minimum Gasteiger partial charge on any atom is -0.355 e. The first-order valence-electron chi connectivity index (χ1n) is 9.16. The van der Waals surface area contributed by atoms with Crippen LogP contribution in [0, 0.1) is 13.8 Å². The standard InChI is InChI=1S/C21H25N3OS2/c1-13(2)19-23-20(18-14(3)15(4)27-21(18)24-19)26-12-17(25)22-11-10-16-8-6-5-7-9-16/h5-9,13H,10-12H2,1-4H3,(H,22,25). The first kappa shape index (κ1) is 19.8. The van der Waals surface area contributed by atoms with E-state index in [2.05, 4.69) is 45.1 Å². The number of carbonyl (C=O) groups is 1. The molecule has 0 radical (unpaired) electrons. The van der Waals surface area contributed by atoms with Crippen LogP contribution in [0.1, 0.15) is 41.6 Å². The molecule has 0 unspecified atom stereocenters. The van der Waals surface area contributed by atoms with Crippen molar-refractivity contribution in [1.82, 2.24) is 15.3 Å². The lowest BCUT2D eigenvalue weighted by molar-refractivity contribution is -0.118. The number of fused-ring (bicyclic) bond motifs is 1. The topological polar surface area (TPSA) is 54.9 Å². The van der Waals surface area contributed by atoms with Crippen LogP contribution in [0.5, 0.6) is 0 Å². The predicted octanol–water partition coefficient (Wildman–Crippen LogP) is 4.88. The van der Waals surface area contributed by atoms with E-state index < -0.39 is 0 Å². The third kappa shape index (κ3) is 4.87. The zero-order chi connectivity index (χ0) is 19.4. The molecule has 1 amide bonds. The number of aryl methyl sites for hydroxylation is 2. The van der Waals surface area contributed by atoms with E-state index in [4.69, 9.17) is 9.97 Å². The van der Waals surface area contributed by atoms with Gasteiger partial charge in [-0.3, -0.25) is 4.79 Å². The summed E-state index contributed by atoms with van der Waals surface area (Å²) in [7, 11) is 0. The van der Waals surface area contributed by atoms with E-state index in [1.54, 1.807) is 11.3 Å². The van der Waals surface area contributed by atoms with Gasteiger partial charge in [0, 0.05) is 22.7 Å². The Morgan fingerprint density at radius 3 is 2.63 bits per heavy atom. The molecule has 0 fully saturated rings. The molecule has 27 heavy (non-hydrogen) atoms. The first-order valence-corrected chi connectivity index (χ1v) is 11.0. The van der Waals surface area contributed by atoms with Crippen molar-refractivity contribution in [2.45, 2.75) is 45.1 Å². The van der Waals surface area contributed by atoms with Crippen molar-refractivity contribution >= 4 is 39.2 Å². The Morgan fingerprint density at radius 2 is 1.93 bits per heavy atom. The first-order chi connectivity index (χ1) is 13.0. The number of nitrogens with zero attached hydrogens (tertiary/aromatic N) is 2. The fourth-order valence-electron chi connectivity index (χ4n) is 2.77. The van der Waals surface area contributed by atoms with Crippen LogP contribution in [0.3, 0.4) is 0 Å². The van der Waals surface area contributed by atoms with Gasteiger partial charge in [-0.25, -0.2) is 9.97 Å². The average molecular weight is 400 g/mol. The molecule has 0 spiro atoms. The van der Waals surface area contributed by atoms with Crippen LogP contribution >= 0.6 is 23.1 Å². The Kier molecular flexibility index (Phi) is 6.50. The van der Waals surface area contributed by atoms with Gasteiger partial charge in [0.1, 0.15) is 15.7 Å². The summed E-state index contributed by atoms with van der Waals surface area (Å²) in [6, 6.07) is 10.2. The molecule has 1 aromatic carbocycles. The molecule has 0 bridgehead atoms. The number of hydrogen-bond acceptors (Lipinski definition) is 5. The highest BCUT2D eigenvalue weighted by molar-refractivity contribution is 8.00. The second-order valence-corrected chi connectivity index (χ2v) is 9.05. The fraction of sp³-hybridized carbons (Fsp3) is 0.381. The number of benzene rings is 1. The van der Waals surface area contributed by atoms with Crippen molar-refractivity contribution in [1.29, 1.82) is 0 Å². The van der Waals surface area contributed by atoms with Crippen molar-refractivity contribution < 1.29 is 4.79 Å². The number of nitrogens with one attached hydrogen (secondary N) is 1. The SMILES string of the molecule is Cc1sc2nc(C(C)C)nc(SCC(=O)NCCc3ccccc3)c2c1C. The van der Waals surface area contributed by atoms with Crippen LogP contribution in [0.4, 0.5) is 0 Å². The molecule has 0 aliphatic heterocycles. The molecule has 0 aliphatic rings. The quantitative estimate of drug-likeness (QED) is 0.454. The molecule has 142 valence electrons. The van der Waals surface area contributed by atoms with Crippen LogP contribution in [0.25, 0.3) is 10.2 Å². The summed E-state index contributed by atoms with van der Waals surface area (Å²) >= 11 is 3.21. The Bertz CT molecular complexity index is 935. The van der Waals surface area contributed by atoms with E-state index in [-0.39, 0.29) is 11.8 Å². The largest absolute Gasteiger partial charge is 0.355 e. The molecular weight excluding hydrogens is 374 g/mol. The summed E-state index contributed by atoms with van der Waals surface area (Å²) in [6.07, 6.45) is 0.843. The molecule has 0 saturated carbocycles. The second kappa shape index (κ2) is 8.85. The summed E-state index contributed by atoms with van der Waals surface area (Å²) in [4.78, 5) is 24.0. The predicted molar refractivity (Wildman–Crippen MR) is 115 cm³/mol. The van der Waals surface area contributed by atoms with Gasteiger partial charge >= 0.3 is 0 Å². The summed E-state index contributed by atoms with van der Waals surface area (Å²) in [6.45, 7) is 9.06. The van der Waals surface area contributed by atoms with E-state index in [1.165, 1.54) is 27.8 Å². The van der Waals surface area contributed by atoms with Gasteiger partial charge in [0.15, 0.2) is 0 Å². The van der Waals surface area contributed by atoms with Gasteiger partial charge < -0.3 is 5.32 Å². The fourth-order valence-corrected chi connectivity index (χ4v) is 4.79. The summed E-state index contributed by atoms with van der Waals surface area (Å²) in [5, 5.41) is 5.03. The van der Waals surface area contributed by atoms with Crippen molar-refractivity contribution in [2.24, 2.45) is 0 Å². The lowest BCUT2D eigenvalue weighted by Gasteiger charge is -2.09. The summed E-state index contributed by atoms with van der Waals surface area (Å²) < 4.78 is 0. The molecule has 4 nitrogen and oxygen atoms in total. The van der Waals surface area contributed by atoms with Crippen LogP contribution in [0.15, 0.2) is 35.4 Å². The number of thiophene rings is 1. The van der Waals surface area contributed by atoms with Gasteiger partial charge in [-0.1, -0.05) is 55.9 Å². The Balaban J connectivity index is 1.66. The zero-order valence-electron chi connectivity index (χ0n) is 16.2. The number of thioether (sulfide) groups is 1. The number of hydrogen-bond donors (Lipinski definition) is 1. The third-order valence-electron chi connectivity index (χ3n) is 4.45. The van der Waals surface area contributed by atoms with Gasteiger partial charge in [-0.2, -0.15) is 0 Å². The molecule has 3 rings (SSSR count). The average Bonchev–Trinajstić information content (AvgIpc) is 2.94. The van der Waals surface area contributed by atoms with Crippen molar-refractivity contribution in [2.75, 3.05) is 12.3 Å². The molecule has 0 saturated heterocycles. The number of aromatic nitrogens is 2. The summed E-state index contributed by atoms with van der Waals surface area (Å²) in [5.74, 6) is 1.51. The molecule has 2 heterocycles. The number of carbonyl (C=O) groups excluding carboxylic acids is 1. The molecule has 6 heteroatoms. The molecular formula is C21H25N3OS2. The maximum absolute atomic E-state index is 12.3. The highest BCUT2D eigenvalue weighted by Gasteiger charge is 2.17. The van der Waals surface area contributed by atoms with Gasteiger partial charge in [0.05, 0.1) is 5.75 Å². The smallest absolute Gasteiger partial charge is 0.230 e. The van der Waals surface area contributed by atoms with E-state index in [9.17, 15) is 4.79 Å². The van der Waals surface area contributed by atoms with Gasteiger partial charge in [0.25, 0.3) is 0 Å². The van der Waals surface area contributed by atoms with Crippen molar-refractivity contribution in [3.05, 3.63) is 52.2 Å². The Morgan fingerprint density at radius 1 is 1.19 bits per heavy atom. The number of rotatable bonds is 7. The van der Waals surface area contributed by atoms with Crippen LogP contribution in [-0.4, -0.2) is 28.2 Å². The monoisotopic (exact) mass is 399 g/mol. The minimum absolute atomic E-state index is 0.0402. The molecule has 3 aromatic rings. The van der Waals surface area contributed by atoms with E-state index in [0.717, 1.165) is 27.5 Å². The normalized spacial score (nSPS) is 11.3. The molecule has 0 atom stereocenters. The van der Waals surface area contributed by atoms with Gasteiger partial charge in [-0.15, -0.1) is 11.3 Å². The maximum Gasteiger partial charge on any atom is 0.230 e. The highest BCUT2D eigenvalue weighted by atomic mass is 32.2. The van der Waals surface area contributed by atoms with Crippen molar-refractivity contribution in [3.8, 4) is 0 Å². The van der Waals surface area contributed by atoms with Gasteiger partial charge in [-0.05, 0) is 31.4 Å². The van der Waals surface area contributed by atoms with Crippen LogP contribution in [-0.2, 0) is 11.2 Å². The van der Waals surface area contributed by atoms with E-state index in [0.29, 0.717) is 12.3 Å². The Hall–Kier alpha value is -1.92. The Labute approximate surface area is 168 Å². The summed E-state index contributed by atoms with van der Waals surface area (Å²) in [5.41, 5.74) is 2.45.